The summed E-state index contributed by atoms with van der Waals surface area (Å²) in [7, 11) is 0. The number of hydrogen-bond donors (Lipinski definition) is 1. The Balaban J connectivity index is 1.74. The van der Waals surface area contributed by atoms with Crippen LogP contribution in [-0.4, -0.2) is 42.8 Å². The lowest BCUT2D eigenvalue weighted by molar-refractivity contribution is -0.113. The van der Waals surface area contributed by atoms with Gasteiger partial charge >= 0.3 is 0 Å². The molecule has 0 bridgehead atoms. The van der Waals surface area contributed by atoms with Crippen LogP contribution in [0.4, 0.5) is 5.69 Å². The maximum absolute atomic E-state index is 12.3. The number of thioether (sulfide) groups is 1. The quantitative estimate of drug-likeness (QED) is 0.538. The number of aryl methyl sites for hydroxylation is 2. The van der Waals surface area contributed by atoms with Crippen LogP contribution in [0.15, 0.2) is 35.6 Å². The molecule has 0 aliphatic rings. The smallest absolute Gasteiger partial charge is 0.243 e. The van der Waals surface area contributed by atoms with Crippen LogP contribution in [0, 0.1) is 6.92 Å². The number of carbonyl (C=O) groups excluding carboxylic acids is 1. The predicted molar refractivity (Wildman–Crippen MR) is 114 cm³/mol. The van der Waals surface area contributed by atoms with E-state index in [4.69, 9.17) is 4.74 Å². The molecule has 29 heavy (non-hydrogen) atoms. The molecule has 0 atom stereocenters. The Labute approximate surface area is 174 Å². The molecule has 0 radical (unpaired) electrons. The third-order valence-electron chi connectivity index (χ3n) is 4.24. The molecule has 1 amide bonds. The van der Waals surface area contributed by atoms with Crippen molar-refractivity contribution < 1.29 is 9.53 Å². The minimum Gasteiger partial charge on any atom is -0.476 e. The Bertz CT molecular complexity index is 981. The maximum atomic E-state index is 12.3. The number of aromatic nitrogens is 5. The summed E-state index contributed by atoms with van der Waals surface area (Å²) in [5.74, 6) is 1.41. The highest BCUT2D eigenvalue weighted by Gasteiger charge is 2.20. The summed E-state index contributed by atoms with van der Waals surface area (Å²) in [4.78, 5) is 12.3. The predicted octanol–water partition coefficient (Wildman–Crippen LogP) is 3.62. The van der Waals surface area contributed by atoms with Crippen LogP contribution < -0.4 is 10.1 Å². The second kappa shape index (κ2) is 9.60. The standard InChI is InChI=1S/C20H26N6O2S/c1-5-25-12-16(19(24-25)28-7-3)18-22-23-20(26(18)6-2)29-13-17(27)21-15-10-8-9-14(4)11-15/h8-12H,5-7,13H2,1-4H3,(H,21,27). The summed E-state index contributed by atoms with van der Waals surface area (Å²) in [6.07, 6.45) is 1.92. The number of carbonyl (C=O) groups is 1. The number of amides is 1. The van der Waals surface area contributed by atoms with E-state index in [0.717, 1.165) is 23.4 Å². The molecule has 0 unspecified atom stereocenters. The van der Waals surface area contributed by atoms with Crippen molar-refractivity contribution in [3.05, 3.63) is 36.0 Å². The number of anilines is 1. The summed E-state index contributed by atoms with van der Waals surface area (Å²) in [6.45, 7) is 9.89. The van der Waals surface area contributed by atoms with Gasteiger partial charge in [-0.05, 0) is 45.4 Å². The molecule has 0 aliphatic carbocycles. The molecule has 1 N–H and O–H groups in total. The molecular weight excluding hydrogens is 388 g/mol. The van der Waals surface area contributed by atoms with E-state index in [0.29, 0.717) is 30.0 Å². The second-order valence-corrected chi connectivity index (χ2v) is 7.34. The first kappa shape index (κ1) is 20.9. The van der Waals surface area contributed by atoms with Gasteiger partial charge < -0.3 is 14.6 Å². The molecule has 154 valence electrons. The zero-order valence-corrected chi connectivity index (χ0v) is 18.0. The highest BCUT2D eigenvalue weighted by atomic mass is 32.2. The van der Waals surface area contributed by atoms with Crippen LogP contribution >= 0.6 is 11.8 Å². The van der Waals surface area contributed by atoms with E-state index in [9.17, 15) is 4.79 Å². The van der Waals surface area contributed by atoms with Gasteiger partial charge in [0.05, 0.1) is 12.4 Å². The maximum Gasteiger partial charge on any atom is 0.243 e. The fourth-order valence-corrected chi connectivity index (χ4v) is 3.69. The van der Waals surface area contributed by atoms with Gasteiger partial charge in [0.25, 0.3) is 0 Å². The lowest BCUT2D eigenvalue weighted by Crippen LogP contribution is -2.14. The molecule has 2 heterocycles. The Morgan fingerprint density at radius 3 is 2.72 bits per heavy atom. The fourth-order valence-electron chi connectivity index (χ4n) is 2.89. The van der Waals surface area contributed by atoms with Crippen molar-refractivity contribution in [3.8, 4) is 17.3 Å². The van der Waals surface area contributed by atoms with Gasteiger partial charge in [-0.15, -0.1) is 15.3 Å². The van der Waals surface area contributed by atoms with Gasteiger partial charge in [0.15, 0.2) is 11.0 Å². The molecular formula is C20H26N6O2S. The number of nitrogens with one attached hydrogen (secondary N) is 1. The van der Waals surface area contributed by atoms with E-state index >= 15 is 0 Å². The molecule has 8 nitrogen and oxygen atoms in total. The summed E-state index contributed by atoms with van der Waals surface area (Å²) in [5.41, 5.74) is 2.70. The van der Waals surface area contributed by atoms with Crippen LogP contribution in [-0.2, 0) is 17.9 Å². The molecule has 0 aliphatic heterocycles. The van der Waals surface area contributed by atoms with Gasteiger partial charge in [0, 0.05) is 25.0 Å². The van der Waals surface area contributed by atoms with Crippen molar-refractivity contribution in [3.63, 3.8) is 0 Å². The van der Waals surface area contributed by atoms with E-state index < -0.39 is 0 Å². The zero-order chi connectivity index (χ0) is 20.8. The monoisotopic (exact) mass is 414 g/mol. The molecule has 2 aromatic heterocycles. The van der Waals surface area contributed by atoms with Crippen molar-refractivity contribution >= 4 is 23.4 Å². The summed E-state index contributed by atoms with van der Waals surface area (Å²) >= 11 is 1.36. The molecule has 3 aromatic rings. The van der Waals surface area contributed by atoms with E-state index in [1.54, 1.807) is 0 Å². The lowest BCUT2D eigenvalue weighted by Gasteiger charge is -2.08. The lowest BCUT2D eigenvalue weighted by atomic mass is 10.2. The highest BCUT2D eigenvalue weighted by Crippen LogP contribution is 2.30. The first-order valence-electron chi connectivity index (χ1n) is 9.68. The van der Waals surface area contributed by atoms with Crippen molar-refractivity contribution in [1.82, 2.24) is 24.5 Å². The molecule has 9 heteroatoms. The van der Waals surface area contributed by atoms with Crippen molar-refractivity contribution in [2.75, 3.05) is 17.7 Å². The Morgan fingerprint density at radius 2 is 2.03 bits per heavy atom. The van der Waals surface area contributed by atoms with Crippen molar-refractivity contribution in [2.24, 2.45) is 0 Å². The average molecular weight is 415 g/mol. The van der Waals surface area contributed by atoms with E-state index in [-0.39, 0.29) is 11.7 Å². The van der Waals surface area contributed by atoms with Crippen LogP contribution in [0.25, 0.3) is 11.4 Å². The van der Waals surface area contributed by atoms with Crippen LogP contribution in [0.1, 0.15) is 26.3 Å². The number of nitrogens with zero attached hydrogens (tertiary/aromatic N) is 5. The summed E-state index contributed by atoms with van der Waals surface area (Å²) < 4.78 is 9.47. The first-order valence-corrected chi connectivity index (χ1v) is 10.7. The topological polar surface area (TPSA) is 86.9 Å². The van der Waals surface area contributed by atoms with Gasteiger partial charge in [-0.2, -0.15) is 0 Å². The van der Waals surface area contributed by atoms with Crippen molar-refractivity contribution in [2.45, 2.75) is 45.9 Å². The minimum atomic E-state index is -0.0818. The highest BCUT2D eigenvalue weighted by molar-refractivity contribution is 7.99. The molecule has 1 aromatic carbocycles. The average Bonchev–Trinajstić information content (AvgIpc) is 3.29. The Hall–Kier alpha value is -2.81. The fraction of sp³-hybridized carbons (Fsp3) is 0.400. The van der Waals surface area contributed by atoms with Crippen LogP contribution in [0.5, 0.6) is 5.88 Å². The number of benzene rings is 1. The summed E-state index contributed by atoms with van der Waals surface area (Å²) in [6, 6.07) is 7.73. The van der Waals surface area contributed by atoms with Gasteiger partial charge in [-0.1, -0.05) is 23.9 Å². The normalized spacial score (nSPS) is 10.9. The third-order valence-corrected chi connectivity index (χ3v) is 5.21. The van der Waals surface area contributed by atoms with E-state index in [2.05, 4.69) is 20.6 Å². The zero-order valence-electron chi connectivity index (χ0n) is 17.2. The number of ether oxygens (including phenoxy) is 1. The van der Waals surface area contributed by atoms with Crippen molar-refractivity contribution in [1.29, 1.82) is 0 Å². The summed E-state index contributed by atoms with van der Waals surface area (Å²) in [5, 5.41) is 16.7. The second-order valence-electron chi connectivity index (χ2n) is 6.39. The largest absolute Gasteiger partial charge is 0.476 e. The molecule has 0 fully saturated rings. The minimum absolute atomic E-state index is 0.0818. The van der Waals surface area contributed by atoms with E-state index in [1.807, 2.05) is 67.4 Å². The van der Waals surface area contributed by atoms with Crippen LogP contribution in [0.3, 0.4) is 0 Å². The number of rotatable bonds is 9. The van der Waals surface area contributed by atoms with E-state index in [1.165, 1.54) is 11.8 Å². The third kappa shape index (κ3) is 4.97. The Kier molecular flexibility index (Phi) is 6.92. The van der Waals surface area contributed by atoms with Gasteiger partial charge in [-0.25, -0.2) is 0 Å². The van der Waals surface area contributed by atoms with Crippen LogP contribution in [0.2, 0.25) is 0 Å². The number of hydrogen-bond acceptors (Lipinski definition) is 6. The Morgan fingerprint density at radius 1 is 1.21 bits per heavy atom. The molecule has 0 saturated carbocycles. The van der Waals surface area contributed by atoms with Gasteiger partial charge in [0.1, 0.15) is 5.56 Å². The van der Waals surface area contributed by atoms with Gasteiger partial charge in [0.2, 0.25) is 11.8 Å². The van der Waals surface area contributed by atoms with Gasteiger partial charge in [-0.3, -0.25) is 9.48 Å². The first-order chi connectivity index (χ1) is 14.0. The molecule has 3 rings (SSSR count). The molecule has 0 saturated heterocycles. The SMILES string of the molecule is CCOc1nn(CC)cc1-c1nnc(SCC(=O)Nc2cccc(C)c2)n1CC. The molecule has 0 spiro atoms.